The van der Waals surface area contributed by atoms with Crippen molar-refractivity contribution in [3.8, 4) is 0 Å². The van der Waals surface area contributed by atoms with Gasteiger partial charge in [-0.2, -0.15) is 0 Å². The Morgan fingerprint density at radius 3 is 2.42 bits per heavy atom. The lowest BCUT2D eigenvalue weighted by Gasteiger charge is -2.36. The summed E-state index contributed by atoms with van der Waals surface area (Å²) >= 11 is 0. The van der Waals surface area contributed by atoms with Crippen LogP contribution >= 0.6 is 24.0 Å². The standard InChI is InChI=1S/C21H28N8O.HI/c1-22-20(27-11-13-28(14-12-27)21-24-7-2-8-25-21)26-15-17-3-5-18(6-4-17)29-10-9-23-19(30)16-29;/h2-8H,9-16H2,1H3,(H,22,26)(H,23,30);1H. The maximum absolute atomic E-state index is 11.6. The number of amides is 1. The Balaban J connectivity index is 0.00000272. The van der Waals surface area contributed by atoms with Gasteiger partial charge < -0.3 is 25.3 Å². The number of aliphatic imine (C=N–C) groups is 1. The summed E-state index contributed by atoms with van der Waals surface area (Å²) in [6, 6.07) is 10.2. The van der Waals surface area contributed by atoms with Crippen molar-refractivity contribution < 1.29 is 4.79 Å². The first-order valence-corrected chi connectivity index (χ1v) is 10.3. The second-order valence-electron chi connectivity index (χ2n) is 7.36. The van der Waals surface area contributed by atoms with Crippen LogP contribution in [0, 0.1) is 0 Å². The van der Waals surface area contributed by atoms with Crippen molar-refractivity contribution in [2.75, 3.05) is 62.7 Å². The van der Waals surface area contributed by atoms with Gasteiger partial charge in [-0.1, -0.05) is 12.1 Å². The molecule has 166 valence electrons. The summed E-state index contributed by atoms with van der Waals surface area (Å²) in [5, 5.41) is 6.32. The largest absolute Gasteiger partial charge is 0.360 e. The molecule has 0 spiro atoms. The molecule has 1 aromatic heterocycles. The highest BCUT2D eigenvalue weighted by Gasteiger charge is 2.21. The number of aromatic nitrogens is 2. The molecular weight excluding hydrogens is 507 g/mol. The van der Waals surface area contributed by atoms with Crippen LogP contribution in [0.4, 0.5) is 11.6 Å². The summed E-state index contributed by atoms with van der Waals surface area (Å²) in [6.07, 6.45) is 3.56. The van der Waals surface area contributed by atoms with E-state index in [2.05, 4.69) is 64.6 Å². The van der Waals surface area contributed by atoms with Gasteiger partial charge in [-0.3, -0.25) is 9.79 Å². The van der Waals surface area contributed by atoms with Gasteiger partial charge in [0.1, 0.15) is 0 Å². The van der Waals surface area contributed by atoms with Gasteiger partial charge >= 0.3 is 0 Å². The lowest BCUT2D eigenvalue weighted by molar-refractivity contribution is -0.120. The third-order valence-corrected chi connectivity index (χ3v) is 5.42. The second kappa shape index (κ2) is 11.1. The molecule has 31 heavy (non-hydrogen) atoms. The molecule has 0 unspecified atom stereocenters. The van der Waals surface area contributed by atoms with Crippen molar-refractivity contribution in [3.63, 3.8) is 0 Å². The van der Waals surface area contributed by atoms with E-state index in [4.69, 9.17) is 0 Å². The Morgan fingerprint density at radius 2 is 1.77 bits per heavy atom. The van der Waals surface area contributed by atoms with Crippen LogP contribution < -0.4 is 20.4 Å². The average molecular weight is 536 g/mol. The first-order chi connectivity index (χ1) is 14.7. The number of rotatable bonds is 4. The first kappa shape index (κ1) is 23.0. The van der Waals surface area contributed by atoms with Crippen LogP contribution in [0.3, 0.4) is 0 Å². The highest BCUT2D eigenvalue weighted by molar-refractivity contribution is 14.0. The lowest BCUT2D eigenvalue weighted by atomic mass is 10.2. The van der Waals surface area contributed by atoms with Crippen LogP contribution in [0.1, 0.15) is 5.56 Å². The maximum Gasteiger partial charge on any atom is 0.239 e. The third kappa shape index (κ3) is 5.96. The van der Waals surface area contributed by atoms with Crippen molar-refractivity contribution in [2.45, 2.75) is 6.54 Å². The van der Waals surface area contributed by atoms with Gasteiger partial charge in [-0.25, -0.2) is 9.97 Å². The van der Waals surface area contributed by atoms with E-state index >= 15 is 0 Å². The molecule has 1 aromatic carbocycles. The van der Waals surface area contributed by atoms with Crippen LogP contribution in [0.2, 0.25) is 0 Å². The molecule has 2 saturated heterocycles. The fourth-order valence-corrected chi connectivity index (χ4v) is 3.77. The van der Waals surface area contributed by atoms with E-state index in [0.29, 0.717) is 19.6 Å². The molecule has 2 aromatic rings. The van der Waals surface area contributed by atoms with Gasteiger partial charge in [-0.15, -0.1) is 24.0 Å². The van der Waals surface area contributed by atoms with Gasteiger partial charge in [0.15, 0.2) is 5.96 Å². The molecule has 0 aliphatic carbocycles. The van der Waals surface area contributed by atoms with Crippen LogP contribution in [0.5, 0.6) is 0 Å². The van der Waals surface area contributed by atoms with Gasteiger partial charge in [0.2, 0.25) is 11.9 Å². The number of piperazine rings is 2. The monoisotopic (exact) mass is 536 g/mol. The molecule has 2 aliphatic rings. The summed E-state index contributed by atoms with van der Waals surface area (Å²) in [4.78, 5) is 31.3. The molecule has 2 fully saturated rings. The zero-order valence-corrected chi connectivity index (χ0v) is 20.0. The number of carbonyl (C=O) groups is 1. The van der Waals surface area contributed by atoms with Crippen LogP contribution in [-0.2, 0) is 11.3 Å². The maximum atomic E-state index is 11.6. The SMILES string of the molecule is CN=C(NCc1ccc(N2CCNC(=O)C2)cc1)N1CCN(c2ncccn2)CC1.I. The average Bonchev–Trinajstić information content (AvgIpc) is 2.81. The topological polar surface area (TPSA) is 89.0 Å². The molecule has 3 heterocycles. The molecule has 4 rings (SSSR count). The molecule has 2 N–H and O–H groups in total. The van der Waals surface area contributed by atoms with Crippen molar-refractivity contribution in [2.24, 2.45) is 4.99 Å². The summed E-state index contributed by atoms with van der Waals surface area (Å²) in [5.74, 6) is 1.77. The van der Waals surface area contributed by atoms with E-state index in [1.807, 2.05) is 13.1 Å². The Morgan fingerprint density at radius 1 is 1.06 bits per heavy atom. The summed E-state index contributed by atoms with van der Waals surface area (Å²) in [6.45, 7) is 6.13. The molecule has 0 atom stereocenters. The number of guanidine groups is 1. The minimum atomic E-state index is 0. The minimum absolute atomic E-state index is 0. The van der Waals surface area contributed by atoms with Gasteiger partial charge in [0, 0.05) is 70.9 Å². The zero-order chi connectivity index (χ0) is 20.8. The predicted molar refractivity (Wildman–Crippen MR) is 133 cm³/mol. The predicted octanol–water partition coefficient (Wildman–Crippen LogP) is 0.928. The van der Waals surface area contributed by atoms with Gasteiger partial charge in [0.05, 0.1) is 6.54 Å². The quantitative estimate of drug-likeness (QED) is 0.342. The molecule has 10 heteroatoms. The van der Waals surface area contributed by atoms with Crippen LogP contribution in [-0.4, -0.2) is 79.6 Å². The lowest BCUT2D eigenvalue weighted by Crippen LogP contribution is -2.52. The van der Waals surface area contributed by atoms with Gasteiger partial charge in [-0.05, 0) is 23.8 Å². The second-order valence-corrected chi connectivity index (χ2v) is 7.36. The van der Waals surface area contributed by atoms with E-state index in [-0.39, 0.29) is 29.9 Å². The number of nitrogens with one attached hydrogen (secondary N) is 2. The van der Waals surface area contributed by atoms with Crippen molar-refractivity contribution >= 4 is 47.5 Å². The number of hydrogen-bond donors (Lipinski definition) is 2. The fraction of sp³-hybridized carbons (Fsp3) is 0.429. The van der Waals surface area contributed by atoms with E-state index in [9.17, 15) is 4.79 Å². The van der Waals surface area contributed by atoms with Crippen LogP contribution in [0.15, 0.2) is 47.7 Å². The smallest absolute Gasteiger partial charge is 0.239 e. The van der Waals surface area contributed by atoms with Crippen molar-refractivity contribution in [3.05, 3.63) is 48.3 Å². The summed E-state index contributed by atoms with van der Waals surface area (Å²) < 4.78 is 0. The zero-order valence-electron chi connectivity index (χ0n) is 17.7. The Hall–Kier alpha value is -2.63. The van der Waals surface area contributed by atoms with Crippen LogP contribution in [0.25, 0.3) is 0 Å². The van der Waals surface area contributed by atoms with Gasteiger partial charge in [0.25, 0.3) is 0 Å². The van der Waals surface area contributed by atoms with E-state index < -0.39 is 0 Å². The summed E-state index contributed by atoms with van der Waals surface area (Å²) in [5.41, 5.74) is 2.26. The molecular formula is C21H29IN8O. The molecule has 0 bridgehead atoms. The number of anilines is 2. The molecule has 2 aliphatic heterocycles. The highest BCUT2D eigenvalue weighted by Crippen LogP contribution is 2.16. The molecule has 0 radical (unpaired) electrons. The fourth-order valence-electron chi connectivity index (χ4n) is 3.77. The number of nitrogens with zero attached hydrogens (tertiary/aromatic N) is 6. The highest BCUT2D eigenvalue weighted by atomic mass is 127. The molecule has 0 saturated carbocycles. The minimum Gasteiger partial charge on any atom is -0.360 e. The normalized spacial score (nSPS) is 17.1. The Labute approximate surface area is 200 Å². The number of halogens is 1. The Bertz CT molecular complexity index is 869. The molecule has 1 amide bonds. The van der Waals surface area contributed by atoms with E-state index in [0.717, 1.165) is 50.3 Å². The number of hydrogen-bond acceptors (Lipinski definition) is 6. The van der Waals surface area contributed by atoms with Crippen molar-refractivity contribution in [1.82, 2.24) is 25.5 Å². The Kier molecular flexibility index (Phi) is 8.27. The summed E-state index contributed by atoms with van der Waals surface area (Å²) in [7, 11) is 1.82. The third-order valence-electron chi connectivity index (χ3n) is 5.42. The van der Waals surface area contributed by atoms with E-state index in [1.54, 1.807) is 12.4 Å². The number of carbonyl (C=O) groups excluding carboxylic acids is 1. The number of benzene rings is 1. The molecule has 9 nitrogen and oxygen atoms in total. The van der Waals surface area contributed by atoms with Crippen molar-refractivity contribution in [1.29, 1.82) is 0 Å². The first-order valence-electron chi connectivity index (χ1n) is 10.3. The van der Waals surface area contributed by atoms with E-state index in [1.165, 1.54) is 5.56 Å².